The van der Waals surface area contributed by atoms with E-state index in [9.17, 15) is 19.5 Å². The first-order chi connectivity index (χ1) is 20.9. The monoisotopic (exact) mass is 601 g/mol. The third-order valence-electron chi connectivity index (χ3n) is 9.11. The summed E-state index contributed by atoms with van der Waals surface area (Å²) in [6.07, 6.45) is 3.82. The highest BCUT2D eigenvalue weighted by Crippen LogP contribution is 2.69. The lowest BCUT2D eigenvalue weighted by Gasteiger charge is -2.42. The summed E-state index contributed by atoms with van der Waals surface area (Å²) >= 11 is 1.56. The van der Waals surface area contributed by atoms with Crippen molar-refractivity contribution in [3.63, 3.8) is 0 Å². The standard InChI is InChI=1S/C32H35N5O5S/c1-4-15-35(19-36-23-14-10-9-13-22(23)33-34-36)30(40)28-32-20(3)17-25(43-32)26(31(41)42-16-5-2)27(32)29(39)37(28)24(18-38)21-11-7-6-8-12-21/h4-14,20,24-28,38H,1-2,15-19H2,3H3/t20?,24-,25-,26+,27+,28?,32?/m1/s1. The first-order valence-electron chi connectivity index (χ1n) is 14.5. The van der Waals surface area contributed by atoms with E-state index in [1.54, 1.807) is 32.3 Å². The van der Waals surface area contributed by atoms with Crippen LogP contribution < -0.4 is 0 Å². The van der Waals surface area contributed by atoms with E-state index in [-0.39, 0.29) is 49.4 Å². The molecule has 2 bridgehead atoms. The molecule has 1 aromatic heterocycles. The van der Waals surface area contributed by atoms with Crippen molar-refractivity contribution in [2.24, 2.45) is 17.8 Å². The van der Waals surface area contributed by atoms with E-state index in [4.69, 9.17) is 4.74 Å². The molecule has 2 aromatic carbocycles. The predicted octanol–water partition coefficient (Wildman–Crippen LogP) is 3.20. The number of amides is 2. The molecule has 224 valence electrons. The zero-order valence-corrected chi connectivity index (χ0v) is 24.8. The Bertz CT molecular complexity index is 1560. The molecule has 0 aliphatic carbocycles. The third-order valence-corrected chi connectivity index (χ3v) is 11.2. The van der Waals surface area contributed by atoms with E-state index in [1.807, 2.05) is 54.6 Å². The highest BCUT2D eigenvalue weighted by molar-refractivity contribution is 8.02. The van der Waals surface area contributed by atoms with Gasteiger partial charge in [-0.2, -0.15) is 0 Å². The van der Waals surface area contributed by atoms with Gasteiger partial charge in [0.1, 0.15) is 24.8 Å². The average Bonchev–Trinajstić information content (AvgIpc) is 3.74. The molecule has 11 heteroatoms. The van der Waals surface area contributed by atoms with Crippen LogP contribution in [0.3, 0.4) is 0 Å². The Labute approximate surface area is 254 Å². The van der Waals surface area contributed by atoms with Gasteiger partial charge in [0.05, 0.1) is 34.7 Å². The summed E-state index contributed by atoms with van der Waals surface area (Å²) < 4.78 is 6.27. The van der Waals surface area contributed by atoms with E-state index < -0.39 is 34.6 Å². The summed E-state index contributed by atoms with van der Waals surface area (Å²) in [6.45, 7) is 9.55. The number of aromatic nitrogens is 3. The number of para-hydroxylation sites is 1. The van der Waals surface area contributed by atoms with Gasteiger partial charge >= 0.3 is 5.97 Å². The third kappa shape index (κ3) is 4.56. The number of esters is 1. The SMILES string of the molecule is C=CCOC(=O)[C@@H]1[C@H]2C(=O)N([C@H](CO)c3ccccc3)C(C(=O)N(CC=C)Cn3nnc4ccccc43)C23S[C@@H]1CC3C. The number of carbonyl (C=O) groups excluding carboxylic acids is 3. The quantitative estimate of drug-likeness (QED) is 0.263. The summed E-state index contributed by atoms with van der Waals surface area (Å²) in [5.41, 5.74) is 2.18. The molecule has 4 heterocycles. The highest BCUT2D eigenvalue weighted by Gasteiger charge is 2.77. The van der Waals surface area contributed by atoms with Crippen molar-refractivity contribution in [1.29, 1.82) is 0 Å². The predicted molar refractivity (Wildman–Crippen MR) is 162 cm³/mol. The molecule has 3 aliphatic rings. The molecule has 3 unspecified atom stereocenters. The summed E-state index contributed by atoms with van der Waals surface area (Å²) in [7, 11) is 0. The van der Waals surface area contributed by atoms with Crippen molar-refractivity contribution in [2.75, 3.05) is 19.8 Å². The molecule has 1 spiro atoms. The van der Waals surface area contributed by atoms with Crippen LogP contribution in [0.1, 0.15) is 24.9 Å². The van der Waals surface area contributed by atoms with Crippen LogP contribution in [0.2, 0.25) is 0 Å². The lowest BCUT2D eigenvalue weighted by Crippen LogP contribution is -2.58. The topological polar surface area (TPSA) is 118 Å². The van der Waals surface area contributed by atoms with Crippen LogP contribution >= 0.6 is 11.8 Å². The number of aliphatic hydroxyl groups excluding tert-OH is 1. The van der Waals surface area contributed by atoms with Gasteiger partial charge in [0.2, 0.25) is 11.8 Å². The van der Waals surface area contributed by atoms with Crippen LogP contribution in [0.4, 0.5) is 0 Å². The van der Waals surface area contributed by atoms with Gasteiger partial charge in [-0.3, -0.25) is 14.4 Å². The first-order valence-corrected chi connectivity index (χ1v) is 15.4. The van der Waals surface area contributed by atoms with Gasteiger partial charge in [-0.05, 0) is 30.0 Å². The van der Waals surface area contributed by atoms with Crippen molar-refractivity contribution in [3.8, 4) is 0 Å². The molecule has 6 rings (SSSR count). The fourth-order valence-electron chi connectivity index (χ4n) is 7.34. The summed E-state index contributed by atoms with van der Waals surface area (Å²) in [5.74, 6) is -2.57. The molecular weight excluding hydrogens is 566 g/mol. The molecule has 43 heavy (non-hydrogen) atoms. The van der Waals surface area contributed by atoms with Crippen molar-refractivity contribution in [2.45, 2.75) is 42.1 Å². The summed E-state index contributed by atoms with van der Waals surface area (Å²) in [5, 5.41) is 19.1. The number of aliphatic hydroxyl groups is 1. The second kappa shape index (κ2) is 11.6. The second-order valence-electron chi connectivity index (χ2n) is 11.4. The Morgan fingerprint density at radius 2 is 1.93 bits per heavy atom. The Kier molecular flexibility index (Phi) is 7.87. The van der Waals surface area contributed by atoms with E-state index in [1.165, 1.54) is 6.08 Å². The molecule has 3 aliphatic heterocycles. The van der Waals surface area contributed by atoms with E-state index in [2.05, 4.69) is 30.4 Å². The van der Waals surface area contributed by atoms with E-state index in [0.29, 0.717) is 17.5 Å². The number of hydrogen-bond donors (Lipinski definition) is 1. The number of carbonyl (C=O) groups is 3. The molecule has 2 amide bonds. The van der Waals surface area contributed by atoms with Crippen molar-refractivity contribution in [1.82, 2.24) is 24.8 Å². The molecule has 1 N–H and O–H groups in total. The van der Waals surface area contributed by atoms with Crippen LogP contribution in [-0.2, 0) is 25.8 Å². The molecule has 3 saturated heterocycles. The maximum Gasteiger partial charge on any atom is 0.311 e. The molecule has 10 nitrogen and oxygen atoms in total. The zero-order chi connectivity index (χ0) is 30.3. The summed E-state index contributed by atoms with van der Waals surface area (Å²) in [4.78, 5) is 46.1. The molecular formula is C32H35N5O5S. The molecule has 3 aromatic rings. The van der Waals surface area contributed by atoms with Crippen molar-refractivity contribution in [3.05, 3.63) is 85.5 Å². The molecule has 7 atom stereocenters. The molecule has 0 radical (unpaired) electrons. The Balaban J connectivity index is 1.46. The number of thioether (sulfide) groups is 1. The van der Waals surface area contributed by atoms with Crippen molar-refractivity contribution >= 4 is 40.6 Å². The maximum absolute atomic E-state index is 14.9. The largest absolute Gasteiger partial charge is 0.461 e. The minimum atomic E-state index is -0.945. The Morgan fingerprint density at radius 1 is 1.19 bits per heavy atom. The van der Waals surface area contributed by atoms with Gasteiger partial charge < -0.3 is 19.6 Å². The van der Waals surface area contributed by atoms with Gasteiger partial charge in [0, 0.05) is 11.8 Å². The van der Waals surface area contributed by atoms with Crippen LogP contribution in [0.15, 0.2) is 79.9 Å². The fourth-order valence-corrected chi connectivity index (χ4v) is 9.73. The summed E-state index contributed by atoms with van der Waals surface area (Å²) in [6, 6.07) is 15.0. The number of ether oxygens (including phenoxy) is 1. The lowest BCUT2D eigenvalue weighted by molar-refractivity contribution is -0.154. The Morgan fingerprint density at radius 3 is 2.65 bits per heavy atom. The number of fused-ring (bicyclic) bond motifs is 2. The maximum atomic E-state index is 14.9. The highest BCUT2D eigenvalue weighted by atomic mass is 32.2. The fraction of sp³-hybridized carbons (Fsp3) is 0.406. The van der Waals surface area contributed by atoms with E-state index >= 15 is 0 Å². The first kappa shape index (κ1) is 29.1. The van der Waals surface area contributed by atoms with E-state index in [0.717, 1.165) is 5.52 Å². The van der Waals surface area contributed by atoms with Gasteiger partial charge in [0.25, 0.3) is 0 Å². The minimum Gasteiger partial charge on any atom is -0.461 e. The number of benzene rings is 2. The zero-order valence-electron chi connectivity index (χ0n) is 24.0. The van der Waals surface area contributed by atoms with Gasteiger partial charge in [-0.25, -0.2) is 4.68 Å². The van der Waals surface area contributed by atoms with Crippen LogP contribution in [0, 0.1) is 17.8 Å². The second-order valence-corrected chi connectivity index (χ2v) is 12.9. The van der Waals surface area contributed by atoms with Crippen LogP contribution in [0.5, 0.6) is 0 Å². The van der Waals surface area contributed by atoms with Gasteiger partial charge in [-0.1, -0.05) is 73.3 Å². The molecule has 0 saturated carbocycles. The van der Waals surface area contributed by atoms with Crippen molar-refractivity contribution < 1.29 is 24.2 Å². The average molecular weight is 602 g/mol. The molecule has 3 fully saturated rings. The number of likely N-dealkylation sites (tertiary alicyclic amines) is 1. The smallest absolute Gasteiger partial charge is 0.311 e. The van der Waals surface area contributed by atoms with Gasteiger partial charge in [-0.15, -0.1) is 23.4 Å². The lowest BCUT2D eigenvalue weighted by atomic mass is 9.66. The minimum absolute atomic E-state index is 0.0461. The Hall–Kier alpha value is -3.96. The normalized spacial score (nSPS) is 28.1. The van der Waals surface area contributed by atoms with Crippen LogP contribution in [-0.4, -0.2) is 83.5 Å². The number of rotatable bonds is 11. The van der Waals surface area contributed by atoms with Gasteiger partial charge in [0.15, 0.2) is 0 Å². The number of hydrogen-bond acceptors (Lipinski definition) is 8. The number of nitrogens with zero attached hydrogens (tertiary/aromatic N) is 5. The van der Waals surface area contributed by atoms with Crippen LogP contribution in [0.25, 0.3) is 11.0 Å².